The minimum absolute atomic E-state index is 0.400. The first-order chi connectivity index (χ1) is 11.7. The number of hydrogen-bond acceptors (Lipinski definition) is 7. The van der Waals surface area contributed by atoms with Crippen molar-refractivity contribution in [3.8, 4) is 23.0 Å². The summed E-state index contributed by atoms with van der Waals surface area (Å²) in [7, 11) is 2.14. The minimum Gasteiger partial charge on any atom is -0.354 e. The fourth-order valence-electron chi connectivity index (χ4n) is 2.71. The number of piperazine rings is 1. The van der Waals surface area contributed by atoms with Gasteiger partial charge in [-0.1, -0.05) is 5.16 Å². The van der Waals surface area contributed by atoms with Crippen LogP contribution in [0.4, 0.5) is 5.82 Å². The lowest BCUT2D eigenvalue weighted by atomic mass is 10.2. The van der Waals surface area contributed by atoms with Gasteiger partial charge < -0.3 is 14.3 Å². The Morgan fingerprint density at radius 2 is 2.00 bits per heavy atom. The maximum absolute atomic E-state index is 5.29. The van der Waals surface area contributed by atoms with E-state index in [-0.39, 0.29) is 0 Å². The zero-order chi connectivity index (χ0) is 16.5. The number of aromatic amines is 1. The molecule has 0 bridgehead atoms. The van der Waals surface area contributed by atoms with Crippen LogP contribution >= 0.6 is 0 Å². The molecule has 0 atom stereocenters. The van der Waals surface area contributed by atoms with Gasteiger partial charge in [0, 0.05) is 43.6 Å². The molecule has 0 aliphatic carbocycles. The Morgan fingerprint density at radius 1 is 1.17 bits per heavy atom. The molecule has 124 valence electrons. The van der Waals surface area contributed by atoms with E-state index in [0.29, 0.717) is 17.4 Å². The fraction of sp³-hybridized carbons (Fsp3) is 0.375. The summed E-state index contributed by atoms with van der Waals surface area (Å²) in [6.07, 6.45) is 1.79. The highest BCUT2D eigenvalue weighted by molar-refractivity contribution is 5.58. The van der Waals surface area contributed by atoms with Gasteiger partial charge in [0.05, 0.1) is 0 Å². The summed E-state index contributed by atoms with van der Waals surface area (Å²) < 4.78 is 5.29. The van der Waals surface area contributed by atoms with Gasteiger partial charge in [-0.2, -0.15) is 10.1 Å². The second kappa shape index (κ2) is 6.04. The highest BCUT2D eigenvalue weighted by atomic mass is 16.5. The van der Waals surface area contributed by atoms with E-state index in [9.17, 15) is 0 Å². The van der Waals surface area contributed by atoms with E-state index in [4.69, 9.17) is 4.52 Å². The van der Waals surface area contributed by atoms with Crippen molar-refractivity contribution in [1.82, 2.24) is 30.2 Å². The van der Waals surface area contributed by atoms with Crippen LogP contribution in [0.1, 0.15) is 5.69 Å². The molecule has 0 spiro atoms. The lowest BCUT2D eigenvalue weighted by molar-refractivity contribution is 0.312. The van der Waals surface area contributed by atoms with E-state index in [1.165, 1.54) is 0 Å². The molecule has 3 aromatic heterocycles. The summed E-state index contributed by atoms with van der Waals surface area (Å²) in [5.74, 6) is 1.90. The van der Waals surface area contributed by atoms with Crippen molar-refractivity contribution in [2.24, 2.45) is 0 Å². The molecule has 1 saturated heterocycles. The Hall–Kier alpha value is -2.74. The maximum atomic E-state index is 5.29. The number of nitrogens with zero attached hydrogens (tertiary/aromatic N) is 6. The van der Waals surface area contributed by atoms with Crippen LogP contribution in [0.2, 0.25) is 0 Å². The van der Waals surface area contributed by atoms with Gasteiger partial charge in [0.2, 0.25) is 5.82 Å². The van der Waals surface area contributed by atoms with E-state index in [0.717, 1.165) is 43.3 Å². The van der Waals surface area contributed by atoms with Crippen LogP contribution in [0.25, 0.3) is 23.0 Å². The molecule has 1 fully saturated rings. The van der Waals surface area contributed by atoms with Gasteiger partial charge in [-0.3, -0.25) is 5.10 Å². The molecule has 0 aromatic carbocycles. The van der Waals surface area contributed by atoms with Crippen molar-refractivity contribution < 1.29 is 4.52 Å². The third-order valence-electron chi connectivity index (χ3n) is 4.18. The highest BCUT2D eigenvalue weighted by Gasteiger charge is 2.17. The first kappa shape index (κ1) is 14.8. The molecule has 24 heavy (non-hydrogen) atoms. The first-order valence-electron chi connectivity index (χ1n) is 7.95. The van der Waals surface area contributed by atoms with Crippen LogP contribution in [-0.2, 0) is 0 Å². The van der Waals surface area contributed by atoms with E-state index in [1.54, 1.807) is 6.20 Å². The molecule has 1 aliphatic heterocycles. The topological polar surface area (TPSA) is 87.0 Å². The largest absolute Gasteiger partial charge is 0.354 e. The van der Waals surface area contributed by atoms with Gasteiger partial charge in [-0.05, 0) is 32.2 Å². The molecule has 0 saturated carbocycles. The molecule has 1 aliphatic rings. The number of anilines is 1. The predicted octanol–water partition coefficient (Wildman–Crippen LogP) is 1.58. The van der Waals surface area contributed by atoms with Crippen LogP contribution < -0.4 is 4.90 Å². The summed E-state index contributed by atoms with van der Waals surface area (Å²) in [4.78, 5) is 13.6. The molecule has 4 heterocycles. The lowest BCUT2D eigenvalue weighted by Gasteiger charge is -2.33. The lowest BCUT2D eigenvalue weighted by Crippen LogP contribution is -2.44. The number of aryl methyl sites for hydroxylation is 1. The van der Waals surface area contributed by atoms with Crippen molar-refractivity contribution in [2.75, 3.05) is 38.1 Å². The van der Waals surface area contributed by atoms with Gasteiger partial charge in [-0.15, -0.1) is 0 Å². The third-order valence-corrected chi connectivity index (χ3v) is 4.18. The summed E-state index contributed by atoms with van der Waals surface area (Å²) in [6.45, 7) is 6.03. The molecule has 8 nitrogen and oxygen atoms in total. The Labute approximate surface area is 139 Å². The van der Waals surface area contributed by atoms with E-state index < -0.39 is 0 Å². The molecule has 4 rings (SSSR count). The fourth-order valence-corrected chi connectivity index (χ4v) is 2.71. The number of pyridine rings is 1. The quantitative estimate of drug-likeness (QED) is 0.782. The van der Waals surface area contributed by atoms with Gasteiger partial charge >= 0.3 is 0 Å². The number of nitrogens with one attached hydrogen (secondary N) is 1. The smallest absolute Gasteiger partial charge is 0.278 e. The molecule has 0 amide bonds. The molecule has 0 radical (unpaired) electrons. The Kier molecular flexibility index (Phi) is 3.73. The second-order valence-electron chi connectivity index (χ2n) is 6.05. The molecule has 3 aromatic rings. The number of likely N-dealkylation sites (N-methyl/N-ethyl adjacent to an activating group) is 1. The van der Waals surface area contributed by atoms with Crippen molar-refractivity contribution in [3.05, 3.63) is 30.1 Å². The minimum atomic E-state index is 0.400. The van der Waals surface area contributed by atoms with Crippen molar-refractivity contribution in [1.29, 1.82) is 0 Å². The predicted molar refractivity (Wildman–Crippen MR) is 89.6 cm³/mol. The van der Waals surface area contributed by atoms with Gasteiger partial charge in [-0.25, -0.2) is 4.98 Å². The van der Waals surface area contributed by atoms with Crippen molar-refractivity contribution in [3.63, 3.8) is 0 Å². The molecular weight excluding hydrogens is 306 g/mol. The van der Waals surface area contributed by atoms with Crippen LogP contribution in [0.3, 0.4) is 0 Å². The zero-order valence-electron chi connectivity index (χ0n) is 13.7. The number of rotatable bonds is 3. The first-order valence-corrected chi connectivity index (χ1v) is 7.95. The van der Waals surface area contributed by atoms with E-state index in [1.807, 2.05) is 25.1 Å². The standard InChI is InChI=1S/C16H19N7O/c1-11-9-13(20-19-11)16-18-15(21-24-16)12-3-4-14(17-10-12)23-7-5-22(2)6-8-23/h3-4,9-10H,5-8H2,1-2H3,(H,19,20). The monoisotopic (exact) mass is 325 g/mol. The summed E-state index contributed by atoms with van der Waals surface area (Å²) in [5.41, 5.74) is 2.42. The van der Waals surface area contributed by atoms with E-state index >= 15 is 0 Å². The Bertz CT molecular complexity index is 815. The van der Waals surface area contributed by atoms with Gasteiger partial charge in [0.25, 0.3) is 5.89 Å². The molecule has 0 unspecified atom stereocenters. The van der Waals surface area contributed by atoms with Crippen molar-refractivity contribution >= 4 is 5.82 Å². The van der Waals surface area contributed by atoms with E-state index in [2.05, 4.69) is 42.2 Å². The average molecular weight is 325 g/mol. The summed E-state index contributed by atoms with van der Waals surface area (Å²) in [6, 6.07) is 5.85. The maximum Gasteiger partial charge on any atom is 0.278 e. The summed E-state index contributed by atoms with van der Waals surface area (Å²) in [5, 5.41) is 11.0. The summed E-state index contributed by atoms with van der Waals surface area (Å²) >= 11 is 0. The van der Waals surface area contributed by atoms with Crippen LogP contribution in [0, 0.1) is 6.92 Å². The normalized spacial score (nSPS) is 15.8. The third kappa shape index (κ3) is 2.88. The number of H-pyrrole nitrogens is 1. The second-order valence-corrected chi connectivity index (χ2v) is 6.05. The van der Waals surface area contributed by atoms with Crippen molar-refractivity contribution in [2.45, 2.75) is 6.92 Å². The molecule has 8 heteroatoms. The SMILES string of the molecule is Cc1cc(-c2nc(-c3ccc(N4CCN(C)CC4)nc3)no2)n[nH]1. The van der Waals surface area contributed by atoms with Crippen LogP contribution in [0.5, 0.6) is 0 Å². The molecule has 1 N–H and O–H groups in total. The zero-order valence-corrected chi connectivity index (χ0v) is 13.7. The Balaban J connectivity index is 1.52. The number of aromatic nitrogens is 5. The number of hydrogen-bond donors (Lipinski definition) is 1. The average Bonchev–Trinajstić information content (AvgIpc) is 3.25. The van der Waals surface area contributed by atoms with Crippen LogP contribution in [-0.4, -0.2) is 63.4 Å². The van der Waals surface area contributed by atoms with Gasteiger partial charge in [0.1, 0.15) is 5.82 Å². The highest BCUT2D eigenvalue weighted by Crippen LogP contribution is 2.22. The van der Waals surface area contributed by atoms with Crippen LogP contribution in [0.15, 0.2) is 28.9 Å². The Morgan fingerprint density at radius 3 is 2.67 bits per heavy atom. The van der Waals surface area contributed by atoms with Gasteiger partial charge in [0.15, 0.2) is 5.69 Å². The molecular formula is C16H19N7O.